The largest absolute Gasteiger partial charge is 0.481 e. The van der Waals surface area contributed by atoms with Gasteiger partial charge in [-0.25, -0.2) is 4.98 Å². The number of methoxy groups -OCH3 is 1. The van der Waals surface area contributed by atoms with Crippen molar-refractivity contribution in [2.75, 3.05) is 20.3 Å². The molecular formula is C16H23N5O2. The topological polar surface area (TPSA) is 65.3 Å². The highest BCUT2D eigenvalue weighted by Gasteiger charge is 2.28. The van der Waals surface area contributed by atoms with Gasteiger partial charge in [-0.05, 0) is 19.9 Å². The van der Waals surface area contributed by atoms with E-state index in [0.29, 0.717) is 19.1 Å². The number of fused-ring (bicyclic) bond motifs is 1. The van der Waals surface area contributed by atoms with E-state index in [0.717, 1.165) is 36.8 Å². The fourth-order valence-corrected chi connectivity index (χ4v) is 2.95. The standard InChI is InChI=1S/C16H23N5O2/c1-4-23-11-14-18-19-15-12(2)20(8-9-21(14)15)10-13-6-5-7-17-16(13)22-3/h5-7,12H,4,8-11H2,1-3H3/t12-/m0/s1. The zero-order valence-electron chi connectivity index (χ0n) is 13.9. The molecule has 3 heterocycles. The Labute approximate surface area is 136 Å². The summed E-state index contributed by atoms with van der Waals surface area (Å²) in [7, 11) is 1.65. The first-order chi connectivity index (χ1) is 11.2. The van der Waals surface area contributed by atoms with Gasteiger partial charge in [0.05, 0.1) is 13.2 Å². The van der Waals surface area contributed by atoms with Gasteiger partial charge in [-0.2, -0.15) is 0 Å². The summed E-state index contributed by atoms with van der Waals surface area (Å²) in [6.07, 6.45) is 1.75. The Hall–Kier alpha value is -1.99. The average Bonchev–Trinajstić information content (AvgIpc) is 2.99. The minimum Gasteiger partial charge on any atom is -0.481 e. The summed E-state index contributed by atoms with van der Waals surface area (Å²) in [6, 6.07) is 4.18. The normalized spacial score (nSPS) is 18.0. The molecule has 2 aromatic rings. The van der Waals surface area contributed by atoms with Gasteiger partial charge in [-0.3, -0.25) is 4.90 Å². The van der Waals surface area contributed by atoms with Crippen molar-refractivity contribution in [3.8, 4) is 5.88 Å². The molecule has 0 saturated heterocycles. The molecule has 0 radical (unpaired) electrons. The van der Waals surface area contributed by atoms with Crippen molar-refractivity contribution >= 4 is 0 Å². The Balaban J connectivity index is 1.76. The molecule has 0 aromatic carbocycles. The van der Waals surface area contributed by atoms with E-state index in [1.54, 1.807) is 13.3 Å². The lowest BCUT2D eigenvalue weighted by molar-refractivity contribution is 0.117. The summed E-state index contributed by atoms with van der Waals surface area (Å²) in [5.41, 5.74) is 1.09. The molecule has 0 spiro atoms. The van der Waals surface area contributed by atoms with Crippen molar-refractivity contribution in [3.05, 3.63) is 35.5 Å². The summed E-state index contributed by atoms with van der Waals surface area (Å²) in [5.74, 6) is 2.59. The van der Waals surface area contributed by atoms with Crippen LogP contribution in [0.15, 0.2) is 18.3 Å². The van der Waals surface area contributed by atoms with Crippen LogP contribution >= 0.6 is 0 Å². The molecule has 0 N–H and O–H groups in total. The van der Waals surface area contributed by atoms with E-state index in [1.165, 1.54) is 0 Å². The number of rotatable bonds is 6. The maximum atomic E-state index is 5.47. The average molecular weight is 317 g/mol. The molecule has 1 aliphatic rings. The smallest absolute Gasteiger partial charge is 0.217 e. The third kappa shape index (κ3) is 3.20. The number of nitrogens with zero attached hydrogens (tertiary/aromatic N) is 5. The van der Waals surface area contributed by atoms with Crippen LogP contribution in [0.1, 0.15) is 37.1 Å². The highest BCUT2D eigenvalue weighted by atomic mass is 16.5. The minimum absolute atomic E-state index is 0.191. The van der Waals surface area contributed by atoms with E-state index >= 15 is 0 Å². The predicted molar refractivity (Wildman–Crippen MR) is 85.0 cm³/mol. The SMILES string of the molecule is CCOCc1nnc2n1CCN(Cc1cccnc1OC)[C@H]2C. The van der Waals surface area contributed by atoms with Gasteiger partial charge in [0.1, 0.15) is 12.4 Å². The van der Waals surface area contributed by atoms with Crippen molar-refractivity contribution in [1.29, 1.82) is 0 Å². The number of hydrogen-bond donors (Lipinski definition) is 0. The van der Waals surface area contributed by atoms with Gasteiger partial charge < -0.3 is 14.0 Å². The van der Waals surface area contributed by atoms with Gasteiger partial charge >= 0.3 is 0 Å². The summed E-state index contributed by atoms with van der Waals surface area (Å²) >= 11 is 0. The monoisotopic (exact) mass is 317 g/mol. The zero-order valence-corrected chi connectivity index (χ0v) is 13.9. The molecule has 7 heteroatoms. The van der Waals surface area contributed by atoms with Crippen molar-refractivity contribution in [2.24, 2.45) is 0 Å². The first-order valence-corrected chi connectivity index (χ1v) is 7.96. The van der Waals surface area contributed by atoms with E-state index in [9.17, 15) is 0 Å². The fraction of sp³-hybridized carbons (Fsp3) is 0.562. The maximum Gasteiger partial charge on any atom is 0.217 e. The Morgan fingerprint density at radius 3 is 2.96 bits per heavy atom. The highest BCUT2D eigenvalue weighted by Crippen LogP contribution is 2.27. The molecule has 0 amide bonds. The Kier molecular flexibility index (Phi) is 4.88. The summed E-state index contributed by atoms with van der Waals surface area (Å²) in [4.78, 5) is 6.64. The molecule has 0 saturated carbocycles. The van der Waals surface area contributed by atoms with Crippen molar-refractivity contribution in [3.63, 3.8) is 0 Å². The Morgan fingerprint density at radius 2 is 2.17 bits per heavy atom. The first kappa shape index (κ1) is 15.9. The van der Waals surface area contributed by atoms with E-state index in [-0.39, 0.29) is 6.04 Å². The second kappa shape index (κ2) is 7.06. The van der Waals surface area contributed by atoms with Crippen LogP contribution in [0.25, 0.3) is 0 Å². The third-order valence-electron chi connectivity index (χ3n) is 4.24. The van der Waals surface area contributed by atoms with Crippen LogP contribution in [0.3, 0.4) is 0 Å². The molecule has 0 unspecified atom stereocenters. The molecule has 124 valence electrons. The lowest BCUT2D eigenvalue weighted by Gasteiger charge is -2.33. The molecule has 23 heavy (non-hydrogen) atoms. The molecule has 0 bridgehead atoms. The van der Waals surface area contributed by atoms with Crippen molar-refractivity contribution in [2.45, 2.75) is 39.6 Å². The van der Waals surface area contributed by atoms with Crippen LogP contribution in [-0.2, 0) is 24.4 Å². The fourth-order valence-electron chi connectivity index (χ4n) is 2.95. The quantitative estimate of drug-likeness (QED) is 0.809. The van der Waals surface area contributed by atoms with Crippen molar-refractivity contribution in [1.82, 2.24) is 24.6 Å². The number of ether oxygens (including phenoxy) is 2. The second-order valence-electron chi connectivity index (χ2n) is 5.58. The van der Waals surface area contributed by atoms with E-state index < -0.39 is 0 Å². The summed E-state index contributed by atoms with van der Waals surface area (Å²) in [5, 5.41) is 8.65. The number of hydrogen-bond acceptors (Lipinski definition) is 6. The van der Waals surface area contributed by atoms with E-state index in [1.807, 2.05) is 13.0 Å². The summed E-state index contributed by atoms with van der Waals surface area (Å²) < 4.78 is 13.0. The molecule has 1 atom stereocenters. The van der Waals surface area contributed by atoms with Crippen LogP contribution < -0.4 is 4.74 Å². The first-order valence-electron chi connectivity index (χ1n) is 7.96. The van der Waals surface area contributed by atoms with Crippen LogP contribution in [0.4, 0.5) is 0 Å². The van der Waals surface area contributed by atoms with Gasteiger partial charge in [-0.1, -0.05) is 6.07 Å². The zero-order chi connectivity index (χ0) is 16.2. The third-order valence-corrected chi connectivity index (χ3v) is 4.24. The van der Waals surface area contributed by atoms with Crippen LogP contribution in [-0.4, -0.2) is 44.9 Å². The Morgan fingerprint density at radius 1 is 1.30 bits per heavy atom. The molecule has 1 aliphatic heterocycles. The molecule has 0 fully saturated rings. The molecule has 2 aromatic heterocycles. The number of aromatic nitrogens is 4. The summed E-state index contributed by atoms with van der Waals surface area (Å²) in [6.45, 7) is 7.94. The lowest BCUT2D eigenvalue weighted by Crippen LogP contribution is -2.37. The molecule has 7 nitrogen and oxygen atoms in total. The van der Waals surface area contributed by atoms with Gasteiger partial charge in [0, 0.05) is 38.0 Å². The predicted octanol–water partition coefficient (Wildman–Crippen LogP) is 1.79. The van der Waals surface area contributed by atoms with E-state index in [4.69, 9.17) is 9.47 Å². The van der Waals surface area contributed by atoms with Crippen LogP contribution in [0.2, 0.25) is 0 Å². The Bertz CT molecular complexity index is 658. The molecular weight excluding hydrogens is 294 g/mol. The maximum absolute atomic E-state index is 5.47. The van der Waals surface area contributed by atoms with Gasteiger partial charge in [0.25, 0.3) is 0 Å². The van der Waals surface area contributed by atoms with Crippen LogP contribution in [0, 0.1) is 0 Å². The van der Waals surface area contributed by atoms with E-state index in [2.05, 4.69) is 37.6 Å². The number of pyridine rings is 1. The molecule has 3 rings (SSSR count). The second-order valence-corrected chi connectivity index (χ2v) is 5.58. The van der Waals surface area contributed by atoms with Crippen molar-refractivity contribution < 1.29 is 9.47 Å². The van der Waals surface area contributed by atoms with Crippen LogP contribution in [0.5, 0.6) is 5.88 Å². The lowest BCUT2D eigenvalue weighted by atomic mass is 10.1. The minimum atomic E-state index is 0.191. The van der Waals surface area contributed by atoms with Gasteiger partial charge in [0.15, 0.2) is 5.82 Å². The van der Waals surface area contributed by atoms with Gasteiger partial charge in [0.2, 0.25) is 5.88 Å². The highest BCUT2D eigenvalue weighted by molar-refractivity contribution is 5.25. The molecule has 0 aliphatic carbocycles. The van der Waals surface area contributed by atoms with Gasteiger partial charge in [-0.15, -0.1) is 10.2 Å².